The SMILES string of the molecule is CCCCC(CN)NC(=O)c1ccc(OCC(F)(F)F)nc1. The van der Waals surface area contributed by atoms with Crippen LogP contribution in [-0.4, -0.2) is 36.3 Å². The second-order valence-corrected chi connectivity index (χ2v) is 4.84. The van der Waals surface area contributed by atoms with Gasteiger partial charge in [-0.25, -0.2) is 4.98 Å². The van der Waals surface area contributed by atoms with Gasteiger partial charge in [-0.1, -0.05) is 19.8 Å². The lowest BCUT2D eigenvalue weighted by Crippen LogP contribution is -2.40. The summed E-state index contributed by atoms with van der Waals surface area (Å²) in [5.41, 5.74) is 5.83. The maximum Gasteiger partial charge on any atom is 0.422 e. The topological polar surface area (TPSA) is 77.2 Å². The van der Waals surface area contributed by atoms with E-state index in [0.717, 1.165) is 19.3 Å². The molecule has 0 aliphatic heterocycles. The number of alkyl halides is 3. The molecule has 3 N–H and O–H groups in total. The van der Waals surface area contributed by atoms with Crippen LogP contribution in [0.5, 0.6) is 5.88 Å². The molecule has 124 valence electrons. The van der Waals surface area contributed by atoms with Crippen LogP contribution in [0.4, 0.5) is 13.2 Å². The number of hydrogen-bond acceptors (Lipinski definition) is 4. The van der Waals surface area contributed by atoms with Gasteiger partial charge in [0.05, 0.1) is 5.56 Å². The van der Waals surface area contributed by atoms with Crippen LogP contribution in [0.2, 0.25) is 0 Å². The van der Waals surface area contributed by atoms with Crippen LogP contribution in [0, 0.1) is 0 Å². The zero-order valence-corrected chi connectivity index (χ0v) is 12.3. The summed E-state index contributed by atoms with van der Waals surface area (Å²) >= 11 is 0. The Morgan fingerprint density at radius 3 is 2.68 bits per heavy atom. The Bertz CT molecular complexity index is 463. The minimum Gasteiger partial charge on any atom is -0.468 e. The number of carbonyl (C=O) groups excluding carboxylic acids is 1. The third kappa shape index (κ3) is 6.75. The largest absolute Gasteiger partial charge is 0.468 e. The summed E-state index contributed by atoms with van der Waals surface area (Å²) in [5.74, 6) is -0.545. The molecule has 0 radical (unpaired) electrons. The highest BCUT2D eigenvalue weighted by atomic mass is 19.4. The highest BCUT2D eigenvalue weighted by Gasteiger charge is 2.28. The van der Waals surface area contributed by atoms with Crippen molar-refractivity contribution in [2.45, 2.75) is 38.4 Å². The number of aromatic nitrogens is 1. The van der Waals surface area contributed by atoms with E-state index < -0.39 is 12.8 Å². The number of pyridine rings is 1. The lowest BCUT2D eigenvalue weighted by atomic mass is 10.1. The van der Waals surface area contributed by atoms with Gasteiger partial charge in [-0.2, -0.15) is 13.2 Å². The molecule has 1 aromatic heterocycles. The standard InChI is InChI=1S/C14H20F3N3O2/c1-2-3-4-11(7-18)20-13(21)10-5-6-12(19-8-10)22-9-14(15,16)17/h5-6,8,11H,2-4,7,9,18H2,1H3,(H,20,21). The zero-order valence-electron chi connectivity index (χ0n) is 12.3. The number of nitrogens with one attached hydrogen (secondary N) is 1. The number of hydrogen-bond donors (Lipinski definition) is 2. The van der Waals surface area contributed by atoms with Crippen molar-refractivity contribution in [3.8, 4) is 5.88 Å². The fraction of sp³-hybridized carbons (Fsp3) is 0.571. The molecule has 0 saturated heterocycles. The number of carbonyl (C=O) groups is 1. The van der Waals surface area contributed by atoms with Crippen molar-refractivity contribution in [1.29, 1.82) is 0 Å². The molecule has 1 aromatic rings. The van der Waals surface area contributed by atoms with Gasteiger partial charge < -0.3 is 15.8 Å². The molecule has 22 heavy (non-hydrogen) atoms. The summed E-state index contributed by atoms with van der Waals surface area (Å²) in [4.78, 5) is 15.7. The molecule has 0 spiro atoms. The van der Waals surface area contributed by atoms with Gasteiger partial charge in [0.2, 0.25) is 5.88 Å². The number of rotatable bonds is 8. The van der Waals surface area contributed by atoms with Crippen molar-refractivity contribution in [2.75, 3.05) is 13.2 Å². The fourth-order valence-corrected chi connectivity index (χ4v) is 1.72. The first-order valence-corrected chi connectivity index (χ1v) is 7.02. The Labute approximate surface area is 127 Å². The minimum absolute atomic E-state index is 0.131. The average Bonchev–Trinajstić information content (AvgIpc) is 2.49. The van der Waals surface area contributed by atoms with Crippen molar-refractivity contribution >= 4 is 5.91 Å². The molecule has 0 aliphatic rings. The Balaban J connectivity index is 2.56. The van der Waals surface area contributed by atoms with Gasteiger partial charge in [-0.05, 0) is 12.5 Å². The van der Waals surface area contributed by atoms with Gasteiger partial charge in [0.15, 0.2) is 6.61 Å². The van der Waals surface area contributed by atoms with E-state index in [0.29, 0.717) is 6.54 Å². The number of halogens is 3. The second kappa shape index (κ2) is 8.57. The van der Waals surface area contributed by atoms with E-state index >= 15 is 0 Å². The third-order valence-corrected chi connectivity index (χ3v) is 2.91. The first kappa shape index (κ1) is 18.2. The van der Waals surface area contributed by atoms with E-state index in [9.17, 15) is 18.0 Å². The normalized spacial score (nSPS) is 12.8. The summed E-state index contributed by atoms with van der Waals surface area (Å²) < 4.78 is 40.5. The summed E-state index contributed by atoms with van der Waals surface area (Å²) in [7, 11) is 0. The third-order valence-electron chi connectivity index (χ3n) is 2.91. The quantitative estimate of drug-likeness (QED) is 0.770. The lowest BCUT2D eigenvalue weighted by Gasteiger charge is -2.16. The van der Waals surface area contributed by atoms with Crippen LogP contribution in [-0.2, 0) is 0 Å². The highest BCUT2D eigenvalue weighted by Crippen LogP contribution is 2.17. The number of amides is 1. The summed E-state index contributed by atoms with van der Waals surface area (Å²) in [6, 6.07) is 2.46. The summed E-state index contributed by atoms with van der Waals surface area (Å²) in [6.07, 6.45) is -0.525. The Morgan fingerprint density at radius 2 is 2.18 bits per heavy atom. The van der Waals surface area contributed by atoms with Crippen LogP contribution in [0.3, 0.4) is 0 Å². The Hall–Kier alpha value is -1.83. The number of ether oxygens (including phenoxy) is 1. The minimum atomic E-state index is -4.43. The Kier molecular flexibility index (Phi) is 7.10. The summed E-state index contributed by atoms with van der Waals surface area (Å²) in [6.45, 7) is 0.947. The van der Waals surface area contributed by atoms with Crippen LogP contribution < -0.4 is 15.8 Å². The predicted octanol–water partition coefficient (Wildman–Crippen LogP) is 2.27. The zero-order chi connectivity index (χ0) is 16.6. The van der Waals surface area contributed by atoms with Gasteiger partial charge >= 0.3 is 6.18 Å². The smallest absolute Gasteiger partial charge is 0.422 e. The first-order valence-electron chi connectivity index (χ1n) is 7.02. The van der Waals surface area contributed by atoms with Crippen LogP contribution in [0.1, 0.15) is 36.5 Å². The second-order valence-electron chi connectivity index (χ2n) is 4.84. The van der Waals surface area contributed by atoms with Gasteiger partial charge in [-0.3, -0.25) is 4.79 Å². The molecular formula is C14H20F3N3O2. The number of nitrogens with two attached hydrogens (primary N) is 1. The molecule has 0 aromatic carbocycles. The molecule has 0 bridgehead atoms. The van der Waals surface area contributed by atoms with Crippen LogP contribution >= 0.6 is 0 Å². The van der Waals surface area contributed by atoms with Gasteiger partial charge in [0.1, 0.15) is 0 Å². The molecule has 0 aliphatic carbocycles. The van der Waals surface area contributed by atoms with E-state index in [1.165, 1.54) is 18.3 Å². The highest BCUT2D eigenvalue weighted by molar-refractivity contribution is 5.94. The van der Waals surface area contributed by atoms with E-state index in [4.69, 9.17) is 5.73 Å². The molecule has 1 heterocycles. The molecule has 0 fully saturated rings. The molecular weight excluding hydrogens is 299 g/mol. The summed E-state index contributed by atoms with van der Waals surface area (Å²) in [5, 5.41) is 2.77. The van der Waals surface area contributed by atoms with Crippen molar-refractivity contribution in [1.82, 2.24) is 10.3 Å². The van der Waals surface area contributed by atoms with E-state index in [1.807, 2.05) is 6.92 Å². The van der Waals surface area contributed by atoms with Crippen molar-refractivity contribution in [3.63, 3.8) is 0 Å². The average molecular weight is 319 g/mol. The van der Waals surface area contributed by atoms with E-state index in [1.54, 1.807) is 0 Å². The first-order chi connectivity index (χ1) is 10.4. The maximum atomic E-state index is 12.0. The van der Waals surface area contributed by atoms with Crippen LogP contribution in [0.15, 0.2) is 18.3 Å². The van der Waals surface area contributed by atoms with Gasteiger partial charge in [0.25, 0.3) is 5.91 Å². The molecule has 1 amide bonds. The molecule has 1 atom stereocenters. The van der Waals surface area contributed by atoms with Gasteiger partial charge in [-0.15, -0.1) is 0 Å². The predicted molar refractivity (Wildman–Crippen MR) is 75.6 cm³/mol. The molecule has 0 saturated carbocycles. The lowest BCUT2D eigenvalue weighted by molar-refractivity contribution is -0.154. The van der Waals surface area contributed by atoms with Crippen molar-refractivity contribution < 1.29 is 22.7 Å². The van der Waals surface area contributed by atoms with Crippen molar-refractivity contribution in [3.05, 3.63) is 23.9 Å². The molecule has 1 unspecified atom stereocenters. The van der Waals surface area contributed by atoms with Gasteiger partial charge in [0, 0.05) is 24.8 Å². The number of unbranched alkanes of at least 4 members (excludes halogenated alkanes) is 1. The fourth-order valence-electron chi connectivity index (χ4n) is 1.72. The van der Waals surface area contributed by atoms with Crippen LogP contribution in [0.25, 0.3) is 0 Å². The maximum absolute atomic E-state index is 12.0. The van der Waals surface area contributed by atoms with E-state index in [2.05, 4.69) is 15.0 Å². The Morgan fingerprint density at radius 1 is 1.45 bits per heavy atom. The molecule has 8 heteroatoms. The van der Waals surface area contributed by atoms with E-state index in [-0.39, 0.29) is 23.4 Å². The molecule has 5 nitrogen and oxygen atoms in total. The monoisotopic (exact) mass is 319 g/mol. The number of nitrogens with zero attached hydrogens (tertiary/aromatic N) is 1. The molecule has 1 rings (SSSR count). The van der Waals surface area contributed by atoms with Crippen molar-refractivity contribution in [2.24, 2.45) is 5.73 Å².